The van der Waals surface area contributed by atoms with Gasteiger partial charge in [0.15, 0.2) is 0 Å². The van der Waals surface area contributed by atoms with E-state index < -0.39 is 0 Å². The van der Waals surface area contributed by atoms with Crippen molar-refractivity contribution in [3.8, 4) is 0 Å². The van der Waals surface area contributed by atoms with Gasteiger partial charge in [0, 0.05) is 0 Å². The molecule has 144 valence electrons. The van der Waals surface area contributed by atoms with Crippen LogP contribution in [0.15, 0.2) is 38.0 Å². The smallest absolute Gasteiger partial charge is 0.244 e. The van der Waals surface area contributed by atoms with Crippen LogP contribution in [-0.2, 0) is 14.4 Å². The molecule has 0 aliphatic heterocycles. The van der Waals surface area contributed by atoms with Crippen molar-refractivity contribution in [2.75, 3.05) is 36.0 Å². The summed E-state index contributed by atoms with van der Waals surface area (Å²) >= 11 is 0. The van der Waals surface area contributed by atoms with Crippen LogP contribution in [0.1, 0.15) is 0 Å². The third kappa shape index (κ3) is 8.62. The lowest BCUT2D eigenvalue weighted by Crippen LogP contribution is -2.30. The lowest BCUT2D eigenvalue weighted by atomic mass is 10.6. The van der Waals surface area contributed by atoms with Crippen LogP contribution >= 0.6 is 0 Å². The lowest BCUT2D eigenvalue weighted by Gasteiger charge is -2.12. The summed E-state index contributed by atoms with van der Waals surface area (Å²) in [7, 11) is 0. The molecule has 1 aromatic heterocycles. The maximum Gasteiger partial charge on any atom is 0.244 e. The van der Waals surface area contributed by atoms with E-state index in [-0.39, 0.29) is 55.6 Å². The number of rotatable bonds is 12. The predicted octanol–water partition coefficient (Wildman–Crippen LogP) is -1.11. The molecule has 6 N–H and O–H groups in total. The Morgan fingerprint density at radius 3 is 1.11 bits per heavy atom. The summed E-state index contributed by atoms with van der Waals surface area (Å²) < 4.78 is 0. The molecule has 1 aromatic rings. The molecule has 0 saturated heterocycles. The molecule has 27 heavy (non-hydrogen) atoms. The van der Waals surface area contributed by atoms with Crippen molar-refractivity contribution in [3.63, 3.8) is 0 Å². The fraction of sp³-hybridized carbons (Fsp3) is 0.200. The molecule has 3 amide bonds. The highest BCUT2D eigenvalue weighted by Crippen LogP contribution is 2.08. The third-order valence-electron chi connectivity index (χ3n) is 2.72. The van der Waals surface area contributed by atoms with Gasteiger partial charge in [-0.3, -0.25) is 14.4 Å². The van der Waals surface area contributed by atoms with Gasteiger partial charge in [-0.15, -0.1) is 0 Å². The van der Waals surface area contributed by atoms with Crippen LogP contribution in [0.4, 0.5) is 17.8 Å². The number of carbonyl (C=O) groups is 3. The molecule has 0 spiro atoms. The number of aromatic nitrogens is 3. The van der Waals surface area contributed by atoms with Crippen molar-refractivity contribution in [2.45, 2.75) is 0 Å². The fourth-order valence-corrected chi connectivity index (χ4v) is 1.46. The number of nitrogens with zero attached hydrogens (tertiary/aromatic N) is 3. The van der Waals surface area contributed by atoms with Gasteiger partial charge in [0.1, 0.15) is 0 Å². The third-order valence-corrected chi connectivity index (χ3v) is 2.72. The van der Waals surface area contributed by atoms with E-state index in [2.05, 4.69) is 66.6 Å². The highest BCUT2D eigenvalue weighted by Gasteiger charge is 2.07. The van der Waals surface area contributed by atoms with Crippen LogP contribution < -0.4 is 31.9 Å². The minimum absolute atomic E-state index is 0.0497. The number of hydrogen-bond acceptors (Lipinski definition) is 9. The van der Waals surface area contributed by atoms with Gasteiger partial charge in [0.25, 0.3) is 0 Å². The average molecular weight is 375 g/mol. The zero-order valence-corrected chi connectivity index (χ0v) is 14.5. The van der Waals surface area contributed by atoms with E-state index in [0.717, 1.165) is 18.2 Å². The summed E-state index contributed by atoms with van der Waals surface area (Å²) in [5.74, 6) is -0.675. The van der Waals surface area contributed by atoms with E-state index in [4.69, 9.17) is 0 Å². The summed E-state index contributed by atoms with van der Waals surface area (Å²) in [5.41, 5.74) is 0. The molecule has 12 nitrogen and oxygen atoms in total. The highest BCUT2D eigenvalue weighted by molar-refractivity contribution is 5.87. The maximum atomic E-state index is 11.2. The van der Waals surface area contributed by atoms with E-state index >= 15 is 0 Å². The normalized spacial score (nSPS) is 9.33. The van der Waals surface area contributed by atoms with Crippen molar-refractivity contribution in [2.24, 2.45) is 0 Å². The van der Waals surface area contributed by atoms with E-state index in [0.29, 0.717) is 0 Å². The Hall–Kier alpha value is -3.96. The molecular formula is C15H21N9O3. The fourth-order valence-electron chi connectivity index (χ4n) is 1.46. The molecule has 0 unspecified atom stereocenters. The minimum Gasteiger partial charge on any atom is -0.337 e. The number of hydrogen-bond donors (Lipinski definition) is 6. The van der Waals surface area contributed by atoms with Gasteiger partial charge in [-0.2, -0.15) is 15.0 Å². The average Bonchev–Trinajstić information content (AvgIpc) is 2.67. The lowest BCUT2D eigenvalue weighted by molar-refractivity contribution is -0.117. The van der Waals surface area contributed by atoms with Crippen molar-refractivity contribution in [1.82, 2.24) is 30.9 Å². The monoisotopic (exact) mass is 375 g/mol. The summed E-state index contributed by atoms with van der Waals surface area (Å²) in [6.07, 6.45) is 3.37. The second-order valence-corrected chi connectivity index (χ2v) is 4.60. The number of carbonyl (C=O) groups excluding carboxylic acids is 3. The molecular weight excluding hydrogens is 354 g/mol. The van der Waals surface area contributed by atoms with Crippen LogP contribution in [-0.4, -0.2) is 52.7 Å². The second kappa shape index (κ2) is 11.6. The number of amides is 3. The highest BCUT2D eigenvalue weighted by atomic mass is 16.2. The molecule has 1 heterocycles. The zero-order valence-electron chi connectivity index (χ0n) is 14.5. The summed E-state index contributed by atoms with van der Waals surface area (Å²) in [4.78, 5) is 45.8. The van der Waals surface area contributed by atoms with Gasteiger partial charge in [-0.25, -0.2) is 0 Å². The minimum atomic E-state index is -0.368. The van der Waals surface area contributed by atoms with E-state index in [9.17, 15) is 14.4 Å². The standard InChI is InChI=1S/C15H21N9O3/c1-4-10(25)16-7-19-13-22-14(20-8-17-11(26)5-2)24-15(23-13)21-9-18-12(27)6-3/h4-6H,1-3,7-9H2,(H,16,25)(H,17,26)(H,18,27)(H3,19,20,21,22,23,24). The first-order valence-electron chi connectivity index (χ1n) is 7.67. The molecule has 0 aromatic carbocycles. The molecule has 0 fully saturated rings. The first-order chi connectivity index (χ1) is 13.0. The summed E-state index contributed by atoms with van der Waals surface area (Å²) in [5, 5.41) is 15.9. The van der Waals surface area contributed by atoms with Crippen LogP contribution in [0.5, 0.6) is 0 Å². The van der Waals surface area contributed by atoms with Gasteiger partial charge in [0.05, 0.1) is 20.0 Å². The van der Waals surface area contributed by atoms with Crippen molar-refractivity contribution < 1.29 is 14.4 Å². The molecule has 0 bridgehead atoms. The van der Waals surface area contributed by atoms with Crippen molar-refractivity contribution >= 4 is 35.6 Å². The predicted molar refractivity (Wildman–Crippen MR) is 100 cm³/mol. The summed E-state index contributed by atoms with van der Waals surface area (Å²) in [6.45, 7) is 10.2. The van der Waals surface area contributed by atoms with E-state index in [1.165, 1.54) is 0 Å². The molecule has 0 aliphatic rings. The Bertz CT molecular complexity index is 613. The van der Waals surface area contributed by atoms with Gasteiger partial charge in [0.2, 0.25) is 35.6 Å². The van der Waals surface area contributed by atoms with Crippen LogP contribution in [0.25, 0.3) is 0 Å². The van der Waals surface area contributed by atoms with Crippen LogP contribution in [0.3, 0.4) is 0 Å². The van der Waals surface area contributed by atoms with E-state index in [1.54, 1.807) is 0 Å². The molecule has 0 saturated carbocycles. The molecule has 0 atom stereocenters. The summed E-state index contributed by atoms with van der Waals surface area (Å²) in [6, 6.07) is 0. The Morgan fingerprint density at radius 2 is 0.889 bits per heavy atom. The van der Waals surface area contributed by atoms with Gasteiger partial charge < -0.3 is 31.9 Å². The second-order valence-electron chi connectivity index (χ2n) is 4.60. The van der Waals surface area contributed by atoms with Gasteiger partial charge in [-0.1, -0.05) is 19.7 Å². The molecule has 0 radical (unpaired) electrons. The van der Waals surface area contributed by atoms with Crippen LogP contribution in [0, 0.1) is 0 Å². The topological polar surface area (TPSA) is 162 Å². The van der Waals surface area contributed by atoms with Crippen molar-refractivity contribution in [3.05, 3.63) is 38.0 Å². The Balaban J connectivity index is 2.76. The Morgan fingerprint density at radius 1 is 0.630 bits per heavy atom. The zero-order chi connectivity index (χ0) is 20.1. The Labute approximate surface area is 155 Å². The molecule has 1 rings (SSSR count). The molecule has 0 aliphatic carbocycles. The van der Waals surface area contributed by atoms with E-state index in [1.807, 2.05) is 0 Å². The first-order valence-corrected chi connectivity index (χ1v) is 7.67. The SMILES string of the molecule is C=CC(=O)NCNc1nc(NCNC(=O)C=C)nc(NCNC(=O)C=C)n1. The van der Waals surface area contributed by atoms with Crippen molar-refractivity contribution in [1.29, 1.82) is 0 Å². The van der Waals surface area contributed by atoms with Gasteiger partial charge in [-0.05, 0) is 18.2 Å². The Kier molecular flexibility index (Phi) is 9.03. The maximum absolute atomic E-state index is 11.2. The number of nitrogens with one attached hydrogen (secondary N) is 6. The molecule has 12 heteroatoms. The quantitative estimate of drug-likeness (QED) is 0.196. The van der Waals surface area contributed by atoms with Gasteiger partial charge >= 0.3 is 0 Å². The van der Waals surface area contributed by atoms with Crippen LogP contribution in [0.2, 0.25) is 0 Å². The number of anilines is 3. The first kappa shape index (κ1) is 21.1. The largest absolute Gasteiger partial charge is 0.337 e.